The number of ether oxygens (including phenoxy) is 2. The Kier molecular flexibility index (Phi) is 6.61. The molecule has 28 heavy (non-hydrogen) atoms. The van der Waals surface area contributed by atoms with Gasteiger partial charge in [-0.05, 0) is 70.7 Å². The van der Waals surface area contributed by atoms with Crippen LogP contribution in [0.25, 0.3) is 10.8 Å². The van der Waals surface area contributed by atoms with E-state index >= 15 is 0 Å². The molecular weight excluding hydrogens is 448 g/mol. The zero-order valence-electron chi connectivity index (χ0n) is 16.8. The third kappa shape index (κ3) is 5.35. The second kappa shape index (κ2) is 8.25. The van der Waals surface area contributed by atoms with Crippen LogP contribution < -0.4 is 4.90 Å². The molecule has 0 aliphatic rings. The number of carbonyl (C=O) groups excluding carboxylic acids is 2. The van der Waals surface area contributed by atoms with Gasteiger partial charge in [0.2, 0.25) is 0 Å². The molecule has 2 amide bonds. The van der Waals surface area contributed by atoms with Gasteiger partial charge in [-0.2, -0.15) is 4.90 Å². The Morgan fingerprint density at radius 1 is 1.00 bits per heavy atom. The predicted octanol–water partition coefficient (Wildman–Crippen LogP) is 6.46. The van der Waals surface area contributed by atoms with Crippen molar-refractivity contribution in [2.75, 3.05) is 4.90 Å². The van der Waals surface area contributed by atoms with Crippen LogP contribution in [0.5, 0.6) is 0 Å². The van der Waals surface area contributed by atoms with Crippen molar-refractivity contribution in [1.82, 2.24) is 4.98 Å². The SMILES string of the molecule is CC(C)(C)OC(=O)N(C(=O)OC(C)(C)C)c1nccc2c(CBr)c(Cl)ccc12. The molecule has 0 N–H and O–H groups in total. The fourth-order valence-electron chi connectivity index (χ4n) is 2.45. The van der Waals surface area contributed by atoms with E-state index in [9.17, 15) is 9.59 Å². The normalized spacial score (nSPS) is 12.0. The second-order valence-electron chi connectivity index (χ2n) is 8.19. The molecule has 0 fully saturated rings. The monoisotopic (exact) mass is 470 g/mol. The zero-order chi connectivity index (χ0) is 21.3. The number of anilines is 1. The van der Waals surface area contributed by atoms with E-state index in [0.29, 0.717) is 15.7 Å². The standard InChI is InChI=1S/C20H24BrClN2O4/c1-19(2,3)27-17(25)24(18(26)28-20(4,5)6)16-13-7-8-15(22)14(11-21)12(13)9-10-23-16/h7-10H,11H2,1-6H3. The topological polar surface area (TPSA) is 68.7 Å². The highest BCUT2D eigenvalue weighted by molar-refractivity contribution is 9.08. The summed E-state index contributed by atoms with van der Waals surface area (Å²) in [5, 5.41) is 2.43. The molecule has 1 heterocycles. The van der Waals surface area contributed by atoms with Crippen molar-refractivity contribution >= 4 is 56.3 Å². The van der Waals surface area contributed by atoms with Gasteiger partial charge in [-0.3, -0.25) is 0 Å². The zero-order valence-corrected chi connectivity index (χ0v) is 19.1. The van der Waals surface area contributed by atoms with Gasteiger partial charge in [0.15, 0.2) is 5.82 Å². The first kappa shape index (κ1) is 22.4. The molecule has 1 aromatic carbocycles. The molecule has 0 spiro atoms. The molecule has 0 aliphatic carbocycles. The van der Waals surface area contributed by atoms with Crippen molar-refractivity contribution < 1.29 is 19.1 Å². The van der Waals surface area contributed by atoms with Gasteiger partial charge in [0.1, 0.15) is 11.2 Å². The Labute approximate surface area is 178 Å². The molecule has 0 aliphatic heterocycles. The van der Waals surface area contributed by atoms with E-state index in [2.05, 4.69) is 20.9 Å². The molecule has 0 atom stereocenters. The molecule has 0 saturated carbocycles. The van der Waals surface area contributed by atoms with Crippen molar-refractivity contribution in [3.63, 3.8) is 0 Å². The van der Waals surface area contributed by atoms with E-state index in [0.717, 1.165) is 15.8 Å². The molecular formula is C20H24BrClN2O4. The minimum atomic E-state index is -0.864. The fraction of sp³-hybridized carbons (Fsp3) is 0.450. The van der Waals surface area contributed by atoms with Crippen LogP contribution in [-0.4, -0.2) is 28.4 Å². The minimum Gasteiger partial charge on any atom is -0.443 e. The quantitative estimate of drug-likeness (QED) is 0.470. The van der Waals surface area contributed by atoms with Crippen LogP contribution in [0.3, 0.4) is 0 Å². The Balaban J connectivity index is 2.66. The first-order valence-corrected chi connectivity index (χ1v) is 10.2. The van der Waals surface area contributed by atoms with E-state index in [-0.39, 0.29) is 5.82 Å². The number of carbonyl (C=O) groups is 2. The molecule has 2 rings (SSSR count). The van der Waals surface area contributed by atoms with Crippen LogP contribution >= 0.6 is 27.5 Å². The summed E-state index contributed by atoms with van der Waals surface area (Å²) >= 11 is 9.71. The van der Waals surface area contributed by atoms with Crippen molar-refractivity contribution in [2.45, 2.75) is 58.1 Å². The van der Waals surface area contributed by atoms with Gasteiger partial charge in [-0.15, -0.1) is 0 Å². The van der Waals surface area contributed by atoms with E-state index in [1.807, 2.05) is 0 Å². The lowest BCUT2D eigenvalue weighted by atomic mass is 10.1. The molecule has 152 valence electrons. The number of aromatic nitrogens is 1. The van der Waals surface area contributed by atoms with Crippen molar-refractivity contribution in [1.29, 1.82) is 0 Å². The summed E-state index contributed by atoms with van der Waals surface area (Å²) in [6.45, 7) is 10.3. The van der Waals surface area contributed by atoms with Gasteiger partial charge >= 0.3 is 12.2 Å². The highest BCUT2D eigenvalue weighted by Crippen LogP contribution is 2.33. The largest absolute Gasteiger partial charge is 0.443 e. The fourth-order valence-corrected chi connectivity index (χ4v) is 3.45. The predicted molar refractivity (Wildman–Crippen MR) is 114 cm³/mol. The van der Waals surface area contributed by atoms with Crippen LogP contribution in [0.1, 0.15) is 47.1 Å². The second-order valence-corrected chi connectivity index (χ2v) is 9.15. The maximum atomic E-state index is 12.9. The molecule has 0 bridgehead atoms. The van der Waals surface area contributed by atoms with Gasteiger partial charge in [0, 0.05) is 21.9 Å². The third-order valence-electron chi connectivity index (χ3n) is 3.48. The van der Waals surface area contributed by atoms with Gasteiger partial charge in [-0.1, -0.05) is 27.5 Å². The Hall–Kier alpha value is -1.86. The average Bonchev–Trinajstić information content (AvgIpc) is 2.51. The summed E-state index contributed by atoms with van der Waals surface area (Å²) in [4.78, 5) is 30.9. The Bertz CT molecular complexity index is 875. The van der Waals surface area contributed by atoms with Gasteiger partial charge in [-0.25, -0.2) is 14.6 Å². The maximum Gasteiger partial charge on any atom is 0.425 e. The minimum absolute atomic E-state index is 0.125. The number of halogens is 2. The number of imide groups is 1. The summed E-state index contributed by atoms with van der Waals surface area (Å²) in [7, 11) is 0. The van der Waals surface area contributed by atoms with Crippen LogP contribution in [0.2, 0.25) is 5.02 Å². The van der Waals surface area contributed by atoms with Crippen LogP contribution in [0, 0.1) is 0 Å². The van der Waals surface area contributed by atoms with Crippen LogP contribution in [0.4, 0.5) is 15.4 Å². The lowest BCUT2D eigenvalue weighted by Gasteiger charge is -2.28. The number of amides is 2. The molecule has 8 heteroatoms. The number of benzene rings is 1. The van der Waals surface area contributed by atoms with E-state index in [1.54, 1.807) is 59.7 Å². The number of pyridine rings is 1. The molecule has 1 aromatic heterocycles. The molecule has 6 nitrogen and oxygen atoms in total. The molecule has 0 unspecified atom stereocenters. The number of rotatable bonds is 2. The number of nitrogens with zero attached hydrogens (tertiary/aromatic N) is 2. The summed E-state index contributed by atoms with van der Waals surface area (Å²) in [5.74, 6) is 0.125. The van der Waals surface area contributed by atoms with Gasteiger partial charge in [0.05, 0.1) is 0 Å². The Morgan fingerprint density at radius 2 is 1.54 bits per heavy atom. The van der Waals surface area contributed by atoms with Crippen LogP contribution in [0.15, 0.2) is 24.4 Å². The van der Waals surface area contributed by atoms with E-state index in [4.69, 9.17) is 21.1 Å². The number of fused-ring (bicyclic) bond motifs is 1. The number of hydrogen-bond acceptors (Lipinski definition) is 5. The summed E-state index contributed by atoms with van der Waals surface area (Å²) in [5.41, 5.74) is -0.769. The lowest BCUT2D eigenvalue weighted by molar-refractivity contribution is 0.0429. The smallest absolute Gasteiger partial charge is 0.425 e. The van der Waals surface area contributed by atoms with Gasteiger partial charge in [0.25, 0.3) is 0 Å². The summed E-state index contributed by atoms with van der Waals surface area (Å²) in [6, 6.07) is 5.20. The van der Waals surface area contributed by atoms with E-state index in [1.165, 1.54) is 6.20 Å². The Morgan fingerprint density at radius 3 is 2.00 bits per heavy atom. The lowest BCUT2D eigenvalue weighted by Crippen LogP contribution is -2.44. The van der Waals surface area contributed by atoms with Crippen molar-refractivity contribution in [2.24, 2.45) is 0 Å². The van der Waals surface area contributed by atoms with Crippen LogP contribution in [-0.2, 0) is 14.8 Å². The number of alkyl halides is 1. The maximum absolute atomic E-state index is 12.9. The van der Waals surface area contributed by atoms with E-state index < -0.39 is 23.4 Å². The first-order chi connectivity index (χ1) is 12.8. The highest BCUT2D eigenvalue weighted by Gasteiger charge is 2.34. The summed E-state index contributed by atoms with van der Waals surface area (Å²) < 4.78 is 10.9. The van der Waals surface area contributed by atoms with Crippen molar-refractivity contribution in [3.8, 4) is 0 Å². The first-order valence-electron chi connectivity index (χ1n) is 8.72. The molecule has 2 aromatic rings. The molecule has 0 radical (unpaired) electrons. The van der Waals surface area contributed by atoms with Crippen molar-refractivity contribution in [3.05, 3.63) is 35.0 Å². The van der Waals surface area contributed by atoms with Gasteiger partial charge < -0.3 is 9.47 Å². The molecule has 0 saturated heterocycles. The average molecular weight is 472 g/mol. The number of hydrogen-bond donors (Lipinski definition) is 0. The summed E-state index contributed by atoms with van der Waals surface area (Å²) in [6.07, 6.45) is -0.212. The third-order valence-corrected chi connectivity index (χ3v) is 4.39. The highest BCUT2D eigenvalue weighted by atomic mass is 79.9.